The molecule has 0 unspecified atom stereocenters. The van der Waals surface area contributed by atoms with E-state index in [9.17, 15) is 14.4 Å². The van der Waals surface area contributed by atoms with E-state index >= 15 is 0 Å². The summed E-state index contributed by atoms with van der Waals surface area (Å²) in [6, 6.07) is 0. The van der Waals surface area contributed by atoms with E-state index in [4.69, 9.17) is 0 Å². The average Bonchev–Trinajstić information content (AvgIpc) is 2.23. The van der Waals surface area contributed by atoms with Gasteiger partial charge in [0.2, 0.25) is 0 Å². The zero-order valence-corrected chi connectivity index (χ0v) is 13.7. The average molecular weight is 358 g/mol. The normalized spacial score (nSPS) is 6.94. The molecular weight excluding hydrogens is 336 g/mol. The van der Waals surface area contributed by atoms with Gasteiger partial charge in [-0.25, -0.2) is 0 Å². The van der Waals surface area contributed by atoms with Gasteiger partial charge in [-0.05, 0) is 0 Å². The van der Waals surface area contributed by atoms with Crippen molar-refractivity contribution in [2.45, 2.75) is 59.3 Å². The Morgan fingerprint density at radius 1 is 0.625 bits per heavy atom. The van der Waals surface area contributed by atoms with Crippen LogP contribution in [0.5, 0.6) is 0 Å². The second-order valence-corrected chi connectivity index (χ2v) is 2.68. The van der Waals surface area contributed by atoms with Gasteiger partial charge >= 0.3 is 40.8 Å². The smallest absolute Gasteiger partial charge is 0.542 e. The van der Waals surface area contributed by atoms with E-state index in [1.807, 2.05) is 20.8 Å². The minimum absolute atomic E-state index is 0. The van der Waals surface area contributed by atoms with E-state index < -0.39 is 0 Å². The standard InChI is InChI=1S/3C4H7O.Nd/c3*1-2-3-4-5;/h3*2-3H2,1H3;/q3*-1;+3. The fourth-order valence-corrected chi connectivity index (χ4v) is 0.306. The number of hydrogen-bond donors (Lipinski definition) is 0. The Morgan fingerprint density at radius 2 is 0.812 bits per heavy atom. The first kappa shape index (κ1) is 25.3. The first-order valence-corrected chi connectivity index (χ1v) is 5.29. The summed E-state index contributed by atoms with van der Waals surface area (Å²) in [4.78, 5) is 27.8. The van der Waals surface area contributed by atoms with E-state index in [1.54, 1.807) is 18.9 Å². The summed E-state index contributed by atoms with van der Waals surface area (Å²) in [5, 5.41) is 0. The van der Waals surface area contributed by atoms with Crippen molar-refractivity contribution in [3.05, 3.63) is 0 Å². The summed E-state index contributed by atoms with van der Waals surface area (Å²) in [5.41, 5.74) is 0. The maximum atomic E-state index is 9.28. The first-order valence-electron chi connectivity index (χ1n) is 5.29. The molecule has 0 atom stereocenters. The number of carbonyl (C=O) groups excluding carboxylic acids is 3. The minimum atomic E-state index is 0. The molecule has 0 N–H and O–H groups in total. The summed E-state index contributed by atoms with van der Waals surface area (Å²) in [7, 11) is 0. The molecule has 3 nitrogen and oxygen atoms in total. The SMILES string of the molecule is CCC[C-]=O.CCC[C-]=O.CCC[C-]=O.[Nd+3]. The summed E-state index contributed by atoms with van der Waals surface area (Å²) in [5.74, 6) is 0. The van der Waals surface area contributed by atoms with Crippen LogP contribution in [0.3, 0.4) is 0 Å². The zero-order valence-electron chi connectivity index (χ0n) is 10.5. The van der Waals surface area contributed by atoms with Gasteiger partial charge in [-0.3, -0.25) is 18.9 Å². The van der Waals surface area contributed by atoms with Crippen molar-refractivity contribution in [3.8, 4) is 0 Å². The fraction of sp³-hybridized carbons (Fsp3) is 0.750. The Hall–Kier alpha value is 0.361. The molecule has 0 aromatic rings. The summed E-state index contributed by atoms with van der Waals surface area (Å²) >= 11 is 0. The van der Waals surface area contributed by atoms with Crippen molar-refractivity contribution in [3.63, 3.8) is 0 Å². The Kier molecular flexibility index (Phi) is 57.1. The third-order valence-electron chi connectivity index (χ3n) is 1.06. The molecule has 0 fully saturated rings. The Labute approximate surface area is 132 Å². The molecule has 4 heteroatoms. The molecule has 0 saturated heterocycles. The second-order valence-electron chi connectivity index (χ2n) is 2.68. The molecule has 0 aliphatic heterocycles. The van der Waals surface area contributed by atoms with Gasteiger partial charge in [0.05, 0.1) is 0 Å². The van der Waals surface area contributed by atoms with Crippen molar-refractivity contribution in [1.29, 1.82) is 0 Å². The van der Waals surface area contributed by atoms with Crippen LogP contribution in [0.4, 0.5) is 0 Å². The first-order chi connectivity index (χ1) is 7.24. The molecule has 16 heavy (non-hydrogen) atoms. The predicted octanol–water partition coefficient (Wildman–Crippen LogP) is 2.69. The molecule has 0 bridgehead atoms. The van der Waals surface area contributed by atoms with Crippen LogP contribution in [0.15, 0.2) is 0 Å². The number of hydrogen-bond acceptors (Lipinski definition) is 3. The maximum absolute atomic E-state index is 9.28. The third kappa shape index (κ3) is 63.4. The summed E-state index contributed by atoms with van der Waals surface area (Å²) < 4.78 is 0. The van der Waals surface area contributed by atoms with Crippen LogP contribution in [0.25, 0.3) is 0 Å². The predicted molar refractivity (Wildman–Crippen MR) is 61.8 cm³/mol. The van der Waals surface area contributed by atoms with Gasteiger partial charge in [0.25, 0.3) is 0 Å². The topological polar surface area (TPSA) is 51.2 Å². The van der Waals surface area contributed by atoms with Crippen molar-refractivity contribution >= 4 is 18.9 Å². The van der Waals surface area contributed by atoms with Crippen LogP contribution in [0, 0.1) is 40.8 Å². The molecular formula is C12H21NdO3. The monoisotopic (exact) mass is 355 g/mol. The van der Waals surface area contributed by atoms with Crippen LogP contribution >= 0.6 is 0 Å². The van der Waals surface area contributed by atoms with E-state index in [0.717, 1.165) is 19.3 Å². The molecule has 0 aromatic heterocycles. The molecule has 91 valence electrons. The Balaban J connectivity index is -0.0000000655. The Morgan fingerprint density at radius 3 is 0.812 bits per heavy atom. The quantitative estimate of drug-likeness (QED) is 0.687. The number of unbranched alkanes of at least 4 members (excludes halogenated alkanes) is 3. The summed E-state index contributed by atoms with van der Waals surface area (Å²) in [6.45, 7) is 5.85. The zero-order chi connectivity index (χ0) is 12.4. The van der Waals surface area contributed by atoms with Crippen molar-refractivity contribution in [2.24, 2.45) is 0 Å². The van der Waals surface area contributed by atoms with Crippen molar-refractivity contribution in [1.82, 2.24) is 0 Å². The molecule has 0 spiro atoms. The second kappa shape index (κ2) is 36.2. The molecule has 0 saturated carbocycles. The van der Waals surface area contributed by atoms with Gasteiger partial charge in [0, 0.05) is 0 Å². The molecule has 1 radical (unpaired) electrons. The van der Waals surface area contributed by atoms with Crippen molar-refractivity contribution in [2.75, 3.05) is 0 Å². The van der Waals surface area contributed by atoms with Gasteiger partial charge < -0.3 is 14.4 Å². The van der Waals surface area contributed by atoms with E-state index in [0.29, 0.717) is 19.3 Å². The maximum Gasteiger partial charge on any atom is 3.00 e. The van der Waals surface area contributed by atoms with Crippen LogP contribution in [-0.2, 0) is 14.4 Å². The van der Waals surface area contributed by atoms with E-state index in [-0.39, 0.29) is 40.8 Å². The molecule has 0 aliphatic rings. The van der Waals surface area contributed by atoms with Gasteiger partial charge in [-0.1, -0.05) is 40.0 Å². The molecule has 0 aliphatic carbocycles. The van der Waals surface area contributed by atoms with Crippen LogP contribution in [0.2, 0.25) is 0 Å². The van der Waals surface area contributed by atoms with E-state index in [2.05, 4.69) is 0 Å². The Bertz CT molecular complexity index is 104. The minimum Gasteiger partial charge on any atom is -0.542 e. The van der Waals surface area contributed by atoms with Gasteiger partial charge in [-0.15, -0.1) is 0 Å². The van der Waals surface area contributed by atoms with E-state index in [1.165, 1.54) is 0 Å². The molecule has 0 rings (SSSR count). The van der Waals surface area contributed by atoms with Crippen LogP contribution < -0.4 is 0 Å². The van der Waals surface area contributed by atoms with Crippen molar-refractivity contribution < 1.29 is 55.2 Å². The van der Waals surface area contributed by atoms with Gasteiger partial charge in [0.1, 0.15) is 0 Å². The fourth-order valence-electron chi connectivity index (χ4n) is 0.306. The largest absolute Gasteiger partial charge is 3.00 e. The third-order valence-corrected chi connectivity index (χ3v) is 1.06. The van der Waals surface area contributed by atoms with Gasteiger partial charge in [0.15, 0.2) is 0 Å². The van der Waals surface area contributed by atoms with Gasteiger partial charge in [-0.2, -0.15) is 19.3 Å². The number of rotatable bonds is 6. The molecule has 0 amide bonds. The van der Waals surface area contributed by atoms with Crippen LogP contribution in [0.1, 0.15) is 59.3 Å². The molecule has 0 aromatic carbocycles. The van der Waals surface area contributed by atoms with Crippen LogP contribution in [-0.4, -0.2) is 18.9 Å². The summed E-state index contributed by atoms with van der Waals surface area (Å²) in [6.07, 6.45) is 9.81. The molecule has 0 heterocycles.